The van der Waals surface area contributed by atoms with Gasteiger partial charge < -0.3 is 4.74 Å². The molecule has 1 aliphatic rings. The largest absolute Gasteiger partial charge is 0.490 e. The van der Waals surface area contributed by atoms with Crippen molar-refractivity contribution in [3.05, 3.63) is 106 Å². The lowest BCUT2D eigenvalue weighted by Gasteiger charge is -2.41. The first-order valence-corrected chi connectivity index (χ1v) is 10.4. The normalized spacial score (nSPS) is 20.4. The van der Waals surface area contributed by atoms with Gasteiger partial charge in [-0.15, -0.1) is 0 Å². The zero-order valence-electron chi connectivity index (χ0n) is 17.1. The van der Waals surface area contributed by atoms with Crippen LogP contribution < -0.4 is 4.74 Å². The summed E-state index contributed by atoms with van der Waals surface area (Å²) >= 11 is 0. The molecule has 5 nitrogen and oxygen atoms in total. The molecule has 0 aliphatic carbocycles. The van der Waals surface area contributed by atoms with E-state index in [0.29, 0.717) is 11.8 Å². The maximum absolute atomic E-state index is 10.9. The molecule has 30 heavy (non-hydrogen) atoms. The number of nitro benzene ring substituents is 1. The molecule has 0 saturated carbocycles. The SMILES string of the molecule is CC(c1ccccc1)N1CC[C@@H](Oc2ccc([N+](=O)[O-])cc2)[C@H](c2ccccc2)C1. The number of non-ortho nitro benzene ring substituents is 1. The summed E-state index contributed by atoms with van der Waals surface area (Å²) in [5.41, 5.74) is 2.65. The number of rotatable bonds is 6. The van der Waals surface area contributed by atoms with E-state index < -0.39 is 0 Å². The maximum Gasteiger partial charge on any atom is 0.269 e. The van der Waals surface area contributed by atoms with Crippen molar-refractivity contribution in [3.8, 4) is 5.75 Å². The van der Waals surface area contributed by atoms with Gasteiger partial charge in [-0.3, -0.25) is 15.0 Å². The van der Waals surface area contributed by atoms with Crippen LogP contribution in [0.4, 0.5) is 5.69 Å². The number of hydrogen-bond acceptors (Lipinski definition) is 4. The summed E-state index contributed by atoms with van der Waals surface area (Å²) < 4.78 is 6.34. The van der Waals surface area contributed by atoms with Crippen molar-refractivity contribution >= 4 is 5.69 Å². The number of nitro groups is 1. The second kappa shape index (κ2) is 9.09. The number of hydrogen-bond donors (Lipinski definition) is 0. The van der Waals surface area contributed by atoms with Crippen molar-refractivity contribution < 1.29 is 9.66 Å². The molecule has 1 fully saturated rings. The summed E-state index contributed by atoms with van der Waals surface area (Å²) in [6, 6.07) is 27.8. The van der Waals surface area contributed by atoms with E-state index in [1.54, 1.807) is 12.1 Å². The first-order valence-electron chi connectivity index (χ1n) is 10.4. The van der Waals surface area contributed by atoms with Crippen LogP contribution in [0.25, 0.3) is 0 Å². The summed E-state index contributed by atoms with van der Waals surface area (Å²) in [6.45, 7) is 4.10. The fourth-order valence-electron chi connectivity index (χ4n) is 4.23. The number of benzene rings is 3. The highest BCUT2D eigenvalue weighted by molar-refractivity contribution is 5.36. The second-order valence-electron chi connectivity index (χ2n) is 7.79. The van der Waals surface area contributed by atoms with Gasteiger partial charge in [-0.2, -0.15) is 0 Å². The molecule has 3 aromatic carbocycles. The van der Waals surface area contributed by atoms with E-state index >= 15 is 0 Å². The first kappa shape index (κ1) is 20.1. The number of piperidine rings is 1. The van der Waals surface area contributed by atoms with Gasteiger partial charge in [0.2, 0.25) is 0 Å². The Morgan fingerprint density at radius 3 is 2.23 bits per heavy atom. The predicted molar refractivity (Wildman–Crippen MR) is 118 cm³/mol. The Labute approximate surface area is 177 Å². The Hall–Kier alpha value is -3.18. The van der Waals surface area contributed by atoms with E-state index in [1.165, 1.54) is 23.3 Å². The quantitative estimate of drug-likeness (QED) is 0.398. The highest BCUT2D eigenvalue weighted by atomic mass is 16.6. The molecule has 1 heterocycles. The van der Waals surface area contributed by atoms with Crippen LogP contribution >= 0.6 is 0 Å². The third-order valence-electron chi connectivity index (χ3n) is 5.97. The molecule has 1 unspecified atom stereocenters. The molecule has 3 aromatic rings. The van der Waals surface area contributed by atoms with Gasteiger partial charge in [0.05, 0.1) is 4.92 Å². The standard InChI is InChI=1S/C25H26N2O3/c1-19(20-8-4-2-5-9-20)26-17-16-25(24(18-26)21-10-6-3-7-11-21)30-23-14-12-22(13-15-23)27(28)29/h2-15,19,24-25H,16-18H2,1H3/t19?,24-,25+/m0/s1. The minimum atomic E-state index is -0.389. The topological polar surface area (TPSA) is 55.6 Å². The van der Waals surface area contributed by atoms with Gasteiger partial charge in [-0.05, 0) is 36.6 Å². The van der Waals surface area contributed by atoms with E-state index in [2.05, 4.69) is 60.4 Å². The molecule has 0 aromatic heterocycles. The van der Waals surface area contributed by atoms with Crippen molar-refractivity contribution in [2.75, 3.05) is 13.1 Å². The molecule has 154 valence electrons. The van der Waals surface area contributed by atoms with Gasteiger partial charge in [-0.25, -0.2) is 0 Å². The average Bonchev–Trinajstić information content (AvgIpc) is 2.80. The van der Waals surface area contributed by atoms with Crippen molar-refractivity contribution in [2.24, 2.45) is 0 Å². The van der Waals surface area contributed by atoms with Crippen molar-refractivity contribution in [1.82, 2.24) is 4.90 Å². The summed E-state index contributed by atoms with van der Waals surface area (Å²) in [6.07, 6.45) is 0.918. The molecule has 1 saturated heterocycles. The van der Waals surface area contributed by atoms with Gasteiger partial charge in [0.1, 0.15) is 11.9 Å². The molecular weight excluding hydrogens is 376 g/mol. The smallest absolute Gasteiger partial charge is 0.269 e. The molecule has 0 spiro atoms. The van der Waals surface area contributed by atoms with Gasteiger partial charge in [0, 0.05) is 37.2 Å². The van der Waals surface area contributed by atoms with Crippen LogP contribution in [0, 0.1) is 10.1 Å². The van der Waals surface area contributed by atoms with E-state index in [9.17, 15) is 10.1 Å². The Morgan fingerprint density at radius 2 is 1.60 bits per heavy atom. The highest BCUT2D eigenvalue weighted by Crippen LogP contribution is 2.35. The molecule has 3 atom stereocenters. The first-order chi connectivity index (χ1) is 14.6. The lowest BCUT2D eigenvalue weighted by atomic mass is 9.86. The molecule has 0 N–H and O–H groups in total. The Morgan fingerprint density at radius 1 is 0.967 bits per heavy atom. The van der Waals surface area contributed by atoms with E-state index in [-0.39, 0.29) is 22.6 Å². The lowest BCUT2D eigenvalue weighted by molar-refractivity contribution is -0.384. The number of nitrogens with zero attached hydrogens (tertiary/aromatic N) is 2. The lowest BCUT2D eigenvalue weighted by Crippen LogP contribution is -2.45. The van der Waals surface area contributed by atoms with Crippen LogP contribution in [0.15, 0.2) is 84.9 Å². The predicted octanol–water partition coefficient (Wildman–Crippen LogP) is 5.59. The minimum absolute atomic E-state index is 0.0214. The van der Waals surface area contributed by atoms with Crippen molar-refractivity contribution in [3.63, 3.8) is 0 Å². The highest BCUT2D eigenvalue weighted by Gasteiger charge is 2.34. The Kier molecular flexibility index (Phi) is 6.10. The fraction of sp³-hybridized carbons (Fsp3) is 0.280. The molecule has 5 heteroatoms. The van der Waals surface area contributed by atoms with Crippen LogP contribution in [0.3, 0.4) is 0 Å². The average molecular weight is 402 g/mol. The zero-order chi connectivity index (χ0) is 20.9. The fourth-order valence-corrected chi connectivity index (χ4v) is 4.23. The molecule has 1 aliphatic heterocycles. The summed E-state index contributed by atoms with van der Waals surface area (Å²) in [4.78, 5) is 13.0. The maximum atomic E-state index is 10.9. The van der Waals surface area contributed by atoms with Crippen LogP contribution in [-0.2, 0) is 0 Å². The minimum Gasteiger partial charge on any atom is -0.490 e. The number of ether oxygens (including phenoxy) is 1. The molecule has 0 radical (unpaired) electrons. The third kappa shape index (κ3) is 4.52. The van der Waals surface area contributed by atoms with E-state index in [1.807, 2.05) is 12.1 Å². The van der Waals surface area contributed by atoms with E-state index in [4.69, 9.17) is 4.74 Å². The Balaban J connectivity index is 1.54. The third-order valence-corrected chi connectivity index (χ3v) is 5.97. The van der Waals surface area contributed by atoms with Crippen molar-refractivity contribution in [1.29, 1.82) is 0 Å². The number of likely N-dealkylation sites (tertiary alicyclic amines) is 1. The summed E-state index contributed by atoms with van der Waals surface area (Å²) in [5, 5.41) is 10.9. The summed E-state index contributed by atoms with van der Waals surface area (Å²) in [5.74, 6) is 0.900. The van der Waals surface area contributed by atoms with E-state index in [0.717, 1.165) is 19.5 Å². The van der Waals surface area contributed by atoms with Crippen LogP contribution in [0.1, 0.15) is 36.4 Å². The second-order valence-corrected chi connectivity index (χ2v) is 7.79. The summed E-state index contributed by atoms with van der Waals surface area (Å²) in [7, 11) is 0. The molecular formula is C25H26N2O3. The monoisotopic (exact) mass is 402 g/mol. The van der Waals surface area contributed by atoms with Crippen LogP contribution in [0.5, 0.6) is 5.75 Å². The van der Waals surface area contributed by atoms with Crippen LogP contribution in [0.2, 0.25) is 0 Å². The van der Waals surface area contributed by atoms with Gasteiger partial charge >= 0.3 is 0 Å². The zero-order valence-corrected chi connectivity index (χ0v) is 17.1. The van der Waals surface area contributed by atoms with Gasteiger partial charge in [-0.1, -0.05) is 60.7 Å². The molecule has 0 bridgehead atoms. The molecule has 4 rings (SSSR count). The van der Waals surface area contributed by atoms with Crippen LogP contribution in [-0.4, -0.2) is 29.0 Å². The molecule has 0 amide bonds. The van der Waals surface area contributed by atoms with Gasteiger partial charge in [0.25, 0.3) is 5.69 Å². The Bertz CT molecular complexity index is 961. The van der Waals surface area contributed by atoms with Crippen molar-refractivity contribution in [2.45, 2.75) is 31.4 Å². The van der Waals surface area contributed by atoms with Gasteiger partial charge in [0.15, 0.2) is 0 Å².